The molecule has 1 atom stereocenters. The summed E-state index contributed by atoms with van der Waals surface area (Å²) in [6.07, 6.45) is 7.35. The Hall–Kier alpha value is -2.81. The van der Waals surface area contributed by atoms with Gasteiger partial charge in [-0.05, 0) is 31.4 Å². The van der Waals surface area contributed by atoms with Gasteiger partial charge in [-0.3, -0.25) is 19.5 Å². The number of nitrogens with zero attached hydrogens (tertiary/aromatic N) is 7. The highest BCUT2D eigenvalue weighted by molar-refractivity contribution is 5.92. The van der Waals surface area contributed by atoms with Gasteiger partial charge in [-0.2, -0.15) is 0 Å². The quantitative estimate of drug-likeness (QED) is 0.736. The lowest BCUT2D eigenvalue weighted by molar-refractivity contribution is -0.130. The van der Waals surface area contributed by atoms with E-state index in [2.05, 4.69) is 33.2 Å². The van der Waals surface area contributed by atoms with E-state index in [-0.39, 0.29) is 24.4 Å². The van der Waals surface area contributed by atoms with Gasteiger partial charge in [-0.25, -0.2) is 4.68 Å². The first-order valence-electron chi connectivity index (χ1n) is 10.2. The molecule has 2 amide bonds. The highest BCUT2D eigenvalue weighted by Gasteiger charge is 2.30. The number of aromatic nitrogens is 4. The molecule has 1 unspecified atom stereocenters. The maximum absolute atomic E-state index is 12.9. The Morgan fingerprint density at radius 3 is 2.72 bits per heavy atom. The zero-order valence-electron chi connectivity index (χ0n) is 16.8. The highest BCUT2D eigenvalue weighted by atomic mass is 16.2. The van der Waals surface area contributed by atoms with Crippen LogP contribution in [-0.4, -0.2) is 85.3 Å². The zero-order valence-corrected chi connectivity index (χ0v) is 16.8. The fraction of sp³-hybridized carbons (Fsp3) is 0.550. The second-order valence-electron chi connectivity index (χ2n) is 7.83. The molecule has 2 aliphatic rings. The first-order chi connectivity index (χ1) is 14.1. The second kappa shape index (κ2) is 8.69. The van der Waals surface area contributed by atoms with Crippen LogP contribution < -0.4 is 0 Å². The van der Waals surface area contributed by atoms with Gasteiger partial charge < -0.3 is 9.80 Å². The smallest absolute Gasteiger partial charge is 0.276 e. The number of hydrogen-bond donors (Lipinski definition) is 0. The molecule has 0 aromatic carbocycles. The summed E-state index contributed by atoms with van der Waals surface area (Å²) in [4.78, 5) is 35.4. The molecule has 2 aromatic rings. The predicted molar refractivity (Wildman–Crippen MR) is 106 cm³/mol. The monoisotopic (exact) mass is 397 g/mol. The van der Waals surface area contributed by atoms with E-state index in [9.17, 15) is 9.59 Å². The molecule has 2 aliphatic heterocycles. The van der Waals surface area contributed by atoms with Crippen LogP contribution in [0.3, 0.4) is 0 Å². The van der Waals surface area contributed by atoms with Crippen molar-refractivity contribution in [2.24, 2.45) is 0 Å². The van der Waals surface area contributed by atoms with E-state index in [0.29, 0.717) is 12.2 Å². The molecule has 29 heavy (non-hydrogen) atoms. The van der Waals surface area contributed by atoms with Gasteiger partial charge >= 0.3 is 0 Å². The molecule has 0 aliphatic carbocycles. The normalized spacial score (nSPS) is 20.2. The van der Waals surface area contributed by atoms with Gasteiger partial charge in [-0.1, -0.05) is 11.3 Å². The molecule has 0 spiro atoms. The molecular weight excluding hydrogens is 370 g/mol. The van der Waals surface area contributed by atoms with Crippen molar-refractivity contribution >= 4 is 11.8 Å². The number of amides is 2. The molecule has 0 radical (unpaired) electrons. The van der Waals surface area contributed by atoms with Crippen molar-refractivity contribution in [1.82, 2.24) is 34.7 Å². The summed E-state index contributed by atoms with van der Waals surface area (Å²) in [5, 5.41) is 8.01. The lowest BCUT2D eigenvalue weighted by Crippen LogP contribution is -2.53. The van der Waals surface area contributed by atoms with Gasteiger partial charge in [-0.15, -0.1) is 5.10 Å². The van der Waals surface area contributed by atoms with Gasteiger partial charge in [0.15, 0.2) is 5.69 Å². The maximum Gasteiger partial charge on any atom is 0.276 e. The van der Waals surface area contributed by atoms with Crippen LogP contribution in [-0.2, 0) is 17.9 Å². The molecule has 2 aromatic heterocycles. The molecule has 4 rings (SSSR count). The number of pyridine rings is 1. The van der Waals surface area contributed by atoms with Gasteiger partial charge in [0.25, 0.3) is 5.91 Å². The summed E-state index contributed by atoms with van der Waals surface area (Å²) in [6.45, 7) is 6.85. The van der Waals surface area contributed by atoms with E-state index in [1.807, 2.05) is 22.1 Å². The third-order valence-electron chi connectivity index (χ3n) is 5.62. The minimum Gasteiger partial charge on any atom is -0.341 e. The van der Waals surface area contributed by atoms with E-state index in [1.165, 1.54) is 10.2 Å². The van der Waals surface area contributed by atoms with Crippen LogP contribution >= 0.6 is 0 Å². The number of piperazine rings is 1. The lowest BCUT2D eigenvalue weighted by atomic mass is 10.1. The van der Waals surface area contributed by atoms with Crippen molar-refractivity contribution in [3.63, 3.8) is 0 Å². The van der Waals surface area contributed by atoms with Gasteiger partial charge in [0.1, 0.15) is 6.54 Å². The van der Waals surface area contributed by atoms with Crippen LogP contribution in [0.2, 0.25) is 0 Å². The summed E-state index contributed by atoms with van der Waals surface area (Å²) >= 11 is 0. The Morgan fingerprint density at radius 1 is 1.17 bits per heavy atom. The first kappa shape index (κ1) is 19.5. The Balaban J connectivity index is 1.32. The van der Waals surface area contributed by atoms with E-state index >= 15 is 0 Å². The van der Waals surface area contributed by atoms with Crippen molar-refractivity contribution in [2.45, 2.75) is 38.9 Å². The van der Waals surface area contributed by atoms with Crippen molar-refractivity contribution in [3.05, 3.63) is 42.0 Å². The van der Waals surface area contributed by atoms with E-state index in [1.54, 1.807) is 12.4 Å². The minimum absolute atomic E-state index is 0.0313. The average Bonchev–Trinajstić information content (AvgIpc) is 3.41. The molecule has 2 saturated heterocycles. The molecule has 0 bridgehead atoms. The third-order valence-corrected chi connectivity index (χ3v) is 5.62. The minimum atomic E-state index is -0.126. The van der Waals surface area contributed by atoms with E-state index in [0.717, 1.165) is 45.6 Å². The summed E-state index contributed by atoms with van der Waals surface area (Å²) in [5.74, 6) is -0.0952. The molecular formula is C20H27N7O2. The molecule has 0 N–H and O–H groups in total. The average molecular weight is 397 g/mol. The van der Waals surface area contributed by atoms with Gasteiger partial charge in [0.2, 0.25) is 5.91 Å². The van der Waals surface area contributed by atoms with Gasteiger partial charge in [0.05, 0.1) is 6.20 Å². The standard InChI is InChI=1S/C20H27N7O2/c1-16-12-24(13-17-5-4-6-21-11-17)9-10-27(16)20(29)18-14-26(23-22-18)15-19(28)25-7-2-3-8-25/h4-6,11,14,16H,2-3,7-10,12-13,15H2,1H3. The summed E-state index contributed by atoms with van der Waals surface area (Å²) in [5.41, 5.74) is 1.47. The Bertz CT molecular complexity index is 848. The van der Waals surface area contributed by atoms with Crippen LogP contribution in [0.15, 0.2) is 30.7 Å². The topological polar surface area (TPSA) is 87.5 Å². The van der Waals surface area contributed by atoms with Gasteiger partial charge in [0, 0.05) is 57.7 Å². The fourth-order valence-electron chi connectivity index (χ4n) is 4.05. The first-order valence-corrected chi connectivity index (χ1v) is 10.2. The van der Waals surface area contributed by atoms with E-state index < -0.39 is 0 Å². The molecule has 154 valence electrons. The maximum atomic E-state index is 12.9. The summed E-state index contributed by atoms with van der Waals surface area (Å²) < 4.78 is 1.47. The Morgan fingerprint density at radius 2 is 2.00 bits per heavy atom. The van der Waals surface area contributed by atoms with Crippen molar-refractivity contribution in [1.29, 1.82) is 0 Å². The number of rotatable bonds is 5. The number of carbonyl (C=O) groups excluding carboxylic acids is 2. The second-order valence-corrected chi connectivity index (χ2v) is 7.83. The third kappa shape index (κ3) is 4.61. The molecule has 9 heteroatoms. The van der Waals surface area contributed by atoms with Crippen molar-refractivity contribution in [3.8, 4) is 0 Å². The molecule has 9 nitrogen and oxygen atoms in total. The highest BCUT2D eigenvalue weighted by Crippen LogP contribution is 2.15. The lowest BCUT2D eigenvalue weighted by Gasteiger charge is -2.39. The van der Waals surface area contributed by atoms with Crippen LogP contribution in [0.25, 0.3) is 0 Å². The van der Waals surface area contributed by atoms with Crippen LogP contribution in [0.4, 0.5) is 0 Å². The Labute approximate surface area is 170 Å². The molecule has 0 saturated carbocycles. The van der Waals surface area contributed by atoms with Crippen molar-refractivity contribution < 1.29 is 9.59 Å². The molecule has 2 fully saturated rings. The SMILES string of the molecule is CC1CN(Cc2cccnc2)CCN1C(=O)c1cn(CC(=O)N2CCCC2)nn1. The van der Waals surface area contributed by atoms with Crippen LogP contribution in [0.5, 0.6) is 0 Å². The molecule has 4 heterocycles. The summed E-state index contributed by atoms with van der Waals surface area (Å²) in [6, 6.07) is 4.08. The number of carbonyl (C=O) groups is 2. The number of hydrogen-bond acceptors (Lipinski definition) is 6. The summed E-state index contributed by atoms with van der Waals surface area (Å²) in [7, 11) is 0. The number of likely N-dealkylation sites (tertiary alicyclic amines) is 1. The zero-order chi connectivity index (χ0) is 20.2. The van der Waals surface area contributed by atoms with Crippen LogP contribution in [0.1, 0.15) is 35.8 Å². The van der Waals surface area contributed by atoms with E-state index in [4.69, 9.17) is 0 Å². The largest absolute Gasteiger partial charge is 0.341 e. The Kier molecular flexibility index (Phi) is 5.84. The van der Waals surface area contributed by atoms with Crippen LogP contribution in [0, 0.1) is 0 Å². The fourth-order valence-corrected chi connectivity index (χ4v) is 4.05. The van der Waals surface area contributed by atoms with Crippen molar-refractivity contribution in [2.75, 3.05) is 32.7 Å². The predicted octanol–water partition coefficient (Wildman–Crippen LogP) is 0.642.